The van der Waals surface area contributed by atoms with Crippen LogP contribution in [0.2, 0.25) is 20.1 Å². The molecule has 1 heterocycles. The van der Waals surface area contributed by atoms with Crippen molar-refractivity contribution in [2.75, 3.05) is 13.2 Å². The van der Waals surface area contributed by atoms with Crippen molar-refractivity contribution in [3.8, 4) is 0 Å². The van der Waals surface area contributed by atoms with E-state index in [1.54, 1.807) is 0 Å². The summed E-state index contributed by atoms with van der Waals surface area (Å²) in [5.74, 6) is -0.873. The van der Waals surface area contributed by atoms with Gasteiger partial charge in [0.15, 0.2) is 0 Å². The van der Waals surface area contributed by atoms with E-state index in [0.717, 1.165) is 30.6 Å². The van der Waals surface area contributed by atoms with Gasteiger partial charge in [0.1, 0.15) is 0 Å². The second-order valence-electron chi connectivity index (χ2n) is 7.68. The summed E-state index contributed by atoms with van der Waals surface area (Å²) < 4.78 is 5.39. The summed E-state index contributed by atoms with van der Waals surface area (Å²) in [5.41, 5.74) is -0.0219. The highest BCUT2D eigenvalue weighted by Crippen LogP contribution is 2.44. The topological polar surface area (TPSA) is 63.7 Å². The van der Waals surface area contributed by atoms with E-state index in [1.807, 2.05) is 0 Å². The first-order chi connectivity index (χ1) is 14.7. The third kappa shape index (κ3) is 6.28. The summed E-state index contributed by atoms with van der Waals surface area (Å²) in [4.78, 5) is 38.4. The van der Waals surface area contributed by atoms with E-state index in [2.05, 4.69) is 13.8 Å². The third-order valence-corrected chi connectivity index (χ3v) is 7.27. The minimum atomic E-state index is -0.539. The van der Waals surface area contributed by atoms with Gasteiger partial charge in [-0.2, -0.15) is 0 Å². The molecule has 0 saturated carbocycles. The van der Waals surface area contributed by atoms with Gasteiger partial charge in [0.2, 0.25) is 0 Å². The molecule has 9 heteroatoms. The number of amides is 2. The fourth-order valence-corrected chi connectivity index (χ4v) is 4.51. The number of hydrogen-bond donors (Lipinski definition) is 0. The highest BCUT2D eigenvalue weighted by molar-refractivity contribution is 6.55. The second-order valence-corrected chi connectivity index (χ2v) is 9.19. The number of nitrogens with zero attached hydrogens (tertiary/aromatic N) is 1. The molecule has 172 valence electrons. The maximum atomic E-state index is 12.7. The Kier molecular flexibility index (Phi) is 10.4. The smallest absolute Gasteiger partial charge is 0.305 e. The maximum absolute atomic E-state index is 12.7. The van der Waals surface area contributed by atoms with Crippen molar-refractivity contribution in [3.05, 3.63) is 31.2 Å². The monoisotopic (exact) mass is 509 g/mol. The van der Waals surface area contributed by atoms with Crippen molar-refractivity contribution < 1.29 is 19.1 Å². The zero-order valence-corrected chi connectivity index (χ0v) is 20.8. The first kappa shape index (κ1) is 26.2. The largest absolute Gasteiger partial charge is 0.465 e. The van der Waals surface area contributed by atoms with Gasteiger partial charge in [0, 0.05) is 13.0 Å². The van der Waals surface area contributed by atoms with Crippen molar-refractivity contribution >= 4 is 64.2 Å². The molecular weight excluding hydrogens is 484 g/mol. The van der Waals surface area contributed by atoms with Crippen LogP contribution in [0.15, 0.2) is 0 Å². The Morgan fingerprint density at radius 3 is 1.97 bits per heavy atom. The number of benzene rings is 1. The summed E-state index contributed by atoms with van der Waals surface area (Å²) in [7, 11) is 0. The highest BCUT2D eigenvalue weighted by atomic mass is 35.5. The molecule has 0 N–H and O–H groups in total. The van der Waals surface area contributed by atoms with E-state index in [4.69, 9.17) is 51.1 Å². The van der Waals surface area contributed by atoms with Crippen LogP contribution in [0.1, 0.15) is 85.9 Å². The Labute approximate surface area is 203 Å². The van der Waals surface area contributed by atoms with Gasteiger partial charge < -0.3 is 4.74 Å². The molecule has 0 spiro atoms. The fourth-order valence-electron chi connectivity index (χ4n) is 3.50. The van der Waals surface area contributed by atoms with E-state index >= 15 is 0 Å². The normalized spacial score (nSPS) is 14.2. The number of halogens is 4. The SMILES string of the molecule is CCCCC(CC)COC(=O)CCCCCN1C(=O)c2c(Cl)c(Cl)c(Cl)c(Cl)c2C1=O. The summed E-state index contributed by atoms with van der Waals surface area (Å²) in [6.45, 7) is 4.92. The molecule has 1 aromatic rings. The van der Waals surface area contributed by atoms with Gasteiger partial charge in [0.25, 0.3) is 11.8 Å². The van der Waals surface area contributed by atoms with Gasteiger partial charge in [-0.1, -0.05) is 85.9 Å². The number of fused-ring (bicyclic) bond motifs is 1. The van der Waals surface area contributed by atoms with E-state index in [0.29, 0.717) is 38.2 Å². The van der Waals surface area contributed by atoms with Gasteiger partial charge in [0.05, 0.1) is 37.8 Å². The Bertz CT molecular complexity index is 797. The number of esters is 1. The van der Waals surface area contributed by atoms with Crippen LogP contribution in [0.4, 0.5) is 0 Å². The molecule has 5 nitrogen and oxygen atoms in total. The number of carbonyl (C=O) groups excluding carboxylic acids is 3. The highest BCUT2D eigenvalue weighted by Gasteiger charge is 2.41. The van der Waals surface area contributed by atoms with Crippen molar-refractivity contribution in [2.45, 2.75) is 65.2 Å². The molecular formula is C22H27Cl4NO4. The second kappa shape index (κ2) is 12.3. The average Bonchev–Trinajstić information content (AvgIpc) is 3.00. The summed E-state index contributed by atoms with van der Waals surface area (Å²) in [5, 5.41) is -0.236. The van der Waals surface area contributed by atoms with Crippen molar-refractivity contribution in [3.63, 3.8) is 0 Å². The van der Waals surface area contributed by atoms with Crippen LogP contribution < -0.4 is 0 Å². The Balaban J connectivity index is 1.79. The van der Waals surface area contributed by atoms with Gasteiger partial charge >= 0.3 is 5.97 Å². The first-order valence-corrected chi connectivity index (χ1v) is 12.1. The Hall–Kier alpha value is -1.01. The number of unbranched alkanes of at least 4 members (excludes halogenated alkanes) is 3. The number of ether oxygens (including phenoxy) is 1. The molecule has 1 unspecified atom stereocenters. The molecule has 1 aliphatic rings. The van der Waals surface area contributed by atoms with Crippen LogP contribution in [-0.4, -0.2) is 35.8 Å². The van der Waals surface area contributed by atoms with Crippen LogP contribution in [0.25, 0.3) is 0 Å². The first-order valence-electron chi connectivity index (χ1n) is 10.6. The van der Waals surface area contributed by atoms with Crippen molar-refractivity contribution in [2.24, 2.45) is 5.92 Å². The average molecular weight is 511 g/mol. The molecule has 0 aliphatic carbocycles. The summed E-state index contributed by atoms with van der Waals surface area (Å²) >= 11 is 24.3. The zero-order valence-electron chi connectivity index (χ0n) is 17.7. The number of carbonyl (C=O) groups is 3. The molecule has 0 aromatic heterocycles. The van der Waals surface area contributed by atoms with E-state index in [-0.39, 0.29) is 43.7 Å². The van der Waals surface area contributed by atoms with Crippen LogP contribution >= 0.6 is 46.4 Å². The molecule has 0 saturated heterocycles. The van der Waals surface area contributed by atoms with Crippen molar-refractivity contribution in [1.82, 2.24) is 4.90 Å². The maximum Gasteiger partial charge on any atom is 0.305 e. The minimum Gasteiger partial charge on any atom is -0.465 e. The van der Waals surface area contributed by atoms with Crippen LogP contribution in [0.3, 0.4) is 0 Å². The van der Waals surface area contributed by atoms with Gasteiger partial charge in [-0.05, 0) is 25.2 Å². The number of imide groups is 1. The van der Waals surface area contributed by atoms with Crippen LogP contribution in [0.5, 0.6) is 0 Å². The lowest BCUT2D eigenvalue weighted by atomic mass is 10.0. The number of rotatable bonds is 12. The molecule has 0 bridgehead atoms. The molecule has 2 rings (SSSR count). The quantitative estimate of drug-likeness (QED) is 0.0978. The van der Waals surface area contributed by atoms with Crippen LogP contribution in [0, 0.1) is 5.92 Å². The van der Waals surface area contributed by atoms with E-state index in [1.165, 1.54) is 0 Å². The predicted molar refractivity (Wildman–Crippen MR) is 125 cm³/mol. The molecule has 0 radical (unpaired) electrons. The lowest BCUT2D eigenvalue weighted by Crippen LogP contribution is -2.30. The lowest BCUT2D eigenvalue weighted by Gasteiger charge is -2.15. The molecule has 1 atom stereocenters. The van der Waals surface area contributed by atoms with Gasteiger partial charge in [-0.25, -0.2) is 0 Å². The van der Waals surface area contributed by atoms with Crippen molar-refractivity contribution in [1.29, 1.82) is 0 Å². The molecule has 31 heavy (non-hydrogen) atoms. The molecule has 1 aromatic carbocycles. The van der Waals surface area contributed by atoms with E-state index in [9.17, 15) is 14.4 Å². The Morgan fingerprint density at radius 1 is 0.871 bits per heavy atom. The molecule has 2 amide bonds. The number of hydrogen-bond acceptors (Lipinski definition) is 4. The standard InChI is InChI=1S/C22H27Cl4NO4/c1-3-5-9-13(4-2)12-31-14(28)10-7-6-8-11-27-21(29)15-16(22(27)30)18(24)20(26)19(25)17(15)23/h13H,3-12H2,1-2H3. The third-order valence-electron chi connectivity index (χ3n) is 5.47. The fraction of sp³-hybridized carbons (Fsp3) is 0.591. The lowest BCUT2D eigenvalue weighted by molar-refractivity contribution is -0.145. The van der Waals surface area contributed by atoms with Gasteiger partial charge in [-0.3, -0.25) is 19.3 Å². The van der Waals surface area contributed by atoms with E-state index < -0.39 is 11.8 Å². The zero-order chi connectivity index (χ0) is 23.1. The molecule has 0 fully saturated rings. The molecule has 1 aliphatic heterocycles. The van der Waals surface area contributed by atoms with Gasteiger partial charge in [-0.15, -0.1) is 0 Å². The van der Waals surface area contributed by atoms with Crippen LogP contribution in [-0.2, 0) is 9.53 Å². The summed E-state index contributed by atoms with van der Waals surface area (Å²) in [6.07, 6.45) is 6.49. The summed E-state index contributed by atoms with van der Waals surface area (Å²) in [6, 6.07) is 0. The predicted octanol–water partition coefficient (Wildman–Crippen LogP) is 7.22. The minimum absolute atomic E-state index is 0.0109. The Morgan fingerprint density at radius 2 is 1.45 bits per heavy atom.